The molecule has 8 heteroatoms. The Balaban J connectivity index is 1.80. The summed E-state index contributed by atoms with van der Waals surface area (Å²) in [6.07, 6.45) is -1.27. The van der Waals surface area contributed by atoms with Gasteiger partial charge in [0.2, 0.25) is 0 Å². The molecule has 2 fully saturated rings. The van der Waals surface area contributed by atoms with Gasteiger partial charge in [0.25, 0.3) is 0 Å². The van der Waals surface area contributed by atoms with Crippen molar-refractivity contribution in [2.24, 2.45) is 0 Å². The van der Waals surface area contributed by atoms with Crippen LogP contribution in [0.5, 0.6) is 5.75 Å². The third-order valence-electron chi connectivity index (χ3n) is 4.57. The highest BCUT2D eigenvalue weighted by Crippen LogP contribution is 2.35. The first-order valence-electron chi connectivity index (χ1n) is 7.65. The Morgan fingerprint density at radius 1 is 1.46 bits per heavy atom. The molecule has 2 atom stereocenters. The first-order valence-corrected chi connectivity index (χ1v) is 7.65. The number of rotatable bonds is 2. The van der Waals surface area contributed by atoms with Crippen molar-refractivity contribution in [3.8, 4) is 11.8 Å². The van der Waals surface area contributed by atoms with Crippen LogP contribution in [-0.4, -0.2) is 66.9 Å². The van der Waals surface area contributed by atoms with Crippen molar-refractivity contribution in [1.82, 2.24) is 9.80 Å². The number of piperazine rings is 1. The van der Waals surface area contributed by atoms with E-state index in [0.717, 1.165) is 0 Å². The number of carbonyl (C=O) groups is 1. The molecule has 1 amide bonds. The molecular weight excluding hydrogens is 317 g/mol. The first-order chi connectivity index (χ1) is 11.5. The standard InChI is InChI=1S/C16H18FN3O4/c1-23-15-11(2-3-13(17)12(15)6-18)14-8-19-4-5-20(16(21)22)7-10(19)9-24-14/h2-3,10,14H,4-5,7-9H2,1H3,(H,21,22)/t10-,14-/m0/s1. The van der Waals surface area contributed by atoms with Gasteiger partial charge in [0, 0.05) is 31.7 Å². The average Bonchev–Trinajstić information content (AvgIpc) is 2.60. The number of hydrogen-bond donors (Lipinski definition) is 1. The Morgan fingerprint density at radius 2 is 2.25 bits per heavy atom. The second kappa shape index (κ2) is 6.63. The number of halogens is 1. The van der Waals surface area contributed by atoms with Crippen molar-refractivity contribution in [3.63, 3.8) is 0 Å². The molecule has 2 aliphatic heterocycles. The molecule has 128 valence electrons. The zero-order valence-corrected chi connectivity index (χ0v) is 13.2. The molecular formula is C16H18FN3O4. The van der Waals surface area contributed by atoms with Gasteiger partial charge in [0.1, 0.15) is 23.2 Å². The highest BCUT2D eigenvalue weighted by molar-refractivity contribution is 5.65. The van der Waals surface area contributed by atoms with Crippen LogP contribution in [-0.2, 0) is 4.74 Å². The van der Waals surface area contributed by atoms with Crippen LogP contribution >= 0.6 is 0 Å². The topological polar surface area (TPSA) is 86.0 Å². The largest absolute Gasteiger partial charge is 0.495 e. The first kappa shape index (κ1) is 16.5. The minimum Gasteiger partial charge on any atom is -0.495 e. The summed E-state index contributed by atoms with van der Waals surface area (Å²) in [7, 11) is 1.40. The van der Waals surface area contributed by atoms with E-state index < -0.39 is 11.9 Å². The molecule has 2 aliphatic rings. The van der Waals surface area contributed by atoms with Crippen molar-refractivity contribution < 1.29 is 23.8 Å². The van der Waals surface area contributed by atoms with Gasteiger partial charge in [0.05, 0.1) is 25.9 Å². The molecule has 0 saturated carbocycles. The number of fused-ring (bicyclic) bond motifs is 1. The molecule has 0 bridgehead atoms. The Morgan fingerprint density at radius 3 is 2.92 bits per heavy atom. The number of ether oxygens (including phenoxy) is 2. The Hall–Kier alpha value is -2.37. The Bertz CT molecular complexity index is 691. The van der Waals surface area contributed by atoms with Gasteiger partial charge in [-0.1, -0.05) is 0 Å². The number of carboxylic acid groups (broad SMARTS) is 1. The van der Waals surface area contributed by atoms with Crippen LogP contribution in [0.2, 0.25) is 0 Å². The van der Waals surface area contributed by atoms with Gasteiger partial charge in [-0.15, -0.1) is 0 Å². The quantitative estimate of drug-likeness (QED) is 0.880. The van der Waals surface area contributed by atoms with Crippen LogP contribution in [0.25, 0.3) is 0 Å². The monoisotopic (exact) mass is 335 g/mol. The maximum absolute atomic E-state index is 13.8. The predicted molar refractivity (Wildman–Crippen MR) is 81.3 cm³/mol. The second-order valence-electron chi connectivity index (χ2n) is 5.86. The lowest BCUT2D eigenvalue weighted by molar-refractivity contribution is -0.0872. The van der Waals surface area contributed by atoms with Crippen LogP contribution in [0.3, 0.4) is 0 Å². The average molecular weight is 335 g/mol. The number of methoxy groups -OCH3 is 1. The van der Waals surface area contributed by atoms with Crippen LogP contribution in [0.1, 0.15) is 17.2 Å². The summed E-state index contributed by atoms with van der Waals surface area (Å²) in [6, 6.07) is 4.66. The van der Waals surface area contributed by atoms with Gasteiger partial charge < -0.3 is 19.5 Å². The van der Waals surface area contributed by atoms with Crippen LogP contribution in [0, 0.1) is 17.1 Å². The van der Waals surface area contributed by atoms with Crippen LogP contribution < -0.4 is 4.74 Å². The number of nitriles is 1. The zero-order valence-electron chi connectivity index (χ0n) is 13.2. The highest BCUT2D eigenvalue weighted by atomic mass is 19.1. The molecule has 0 aliphatic carbocycles. The molecule has 0 spiro atoms. The Kier molecular flexibility index (Phi) is 4.55. The summed E-state index contributed by atoms with van der Waals surface area (Å²) >= 11 is 0. The maximum Gasteiger partial charge on any atom is 0.407 e. The van der Waals surface area contributed by atoms with E-state index in [2.05, 4.69) is 4.90 Å². The SMILES string of the molecule is COc1c([C@@H]2CN3CCN(C(=O)O)C[C@H]3CO2)ccc(F)c1C#N. The number of hydrogen-bond acceptors (Lipinski definition) is 5. The smallest absolute Gasteiger partial charge is 0.407 e. The van der Waals surface area contributed by atoms with Gasteiger partial charge in [-0.05, 0) is 12.1 Å². The second-order valence-corrected chi connectivity index (χ2v) is 5.86. The van der Waals surface area contributed by atoms with E-state index in [1.54, 1.807) is 6.07 Å². The molecule has 0 radical (unpaired) electrons. The van der Waals surface area contributed by atoms with Crippen molar-refractivity contribution in [2.75, 3.05) is 39.9 Å². The van der Waals surface area contributed by atoms with Gasteiger partial charge >= 0.3 is 6.09 Å². The summed E-state index contributed by atoms with van der Waals surface area (Å²) in [4.78, 5) is 14.6. The van der Waals surface area contributed by atoms with E-state index in [-0.39, 0.29) is 23.5 Å². The van der Waals surface area contributed by atoms with Crippen molar-refractivity contribution >= 4 is 6.09 Å². The van der Waals surface area contributed by atoms with E-state index in [4.69, 9.17) is 19.8 Å². The summed E-state index contributed by atoms with van der Waals surface area (Å²) < 4.78 is 24.9. The zero-order chi connectivity index (χ0) is 17.3. The predicted octanol–water partition coefficient (Wildman–Crippen LogP) is 1.44. The van der Waals surface area contributed by atoms with Gasteiger partial charge in [0.15, 0.2) is 0 Å². The molecule has 7 nitrogen and oxygen atoms in total. The molecule has 3 rings (SSSR count). The molecule has 1 aromatic rings. The number of benzene rings is 1. The summed E-state index contributed by atoms with van der Waals surface area (Å²) in [5.74, 6) is -0.424. The van der Waals surface area contributed by atoms with Crippen molar-refractivity contribution in [2.45, 2.75) is 12.1 Å². The summed E-state index contributed by atoms with van der Waals surface area (Å²) in [5.41, 5.74) is 0.506. The van der Waals surface area contributed by atoms with E-state index in [0.29, 0.717) is 38.3 Å². The van der Waals surface area contributed by atoms with Gasteiger partial charge in [-0.3, -0.25) is 4.90 Å². The maximum atomic E-state index is 13.8. The third kappa shape index (κ3) is 2.88. The number of morpholine rings is 1. The van der Waals surface area contributed by atoms with E-state index >= 15 is 0 Å². The molecule has 2 saturated heterocycles. The third-order valence-corrected chi connectivity index (χ3v) is 4.57. The van der Waals surface area contributed by atoms with Gasteiger partial charge in [-0.25, -0.2) is 9.18 Å². The number of amides is 1. The summed E-state index contributed by atoms with van der Waals surface area (Å²) in [5, 5.41) is 18.2. The van der Waals surface area contributed by atoms with E-state index in [9.17, 15) is 9.18 Å². The fourth-order valence-electron chi connectivity index (χ4n) is 3.30. The van der Waals surface area contributed by atoms with Crippen molar-refractivity contribution in [1.29, 1.82) is 5.26 Å². The van der Waals surface area contributed by atoms with Crippen molar-refractivity contribution in [3.05, 3.63) is 29.1 Å². The minimum absolute atomic E-state index is 0.00739. The fourth-order valence-corrected chi connectivity index (χ4v) is 3.30. The molecule has 0 aromatic heterocycles. The lowest BCUT2D eigenvalue weighted by Gasteiger charge is -2.45. The van der Waals surface area contributed by atoms with E-state index in [1.807, 2.05) is 6.07 Å². The normalized spacial score (nSPS) is 24.1. The molecule has 0 unspecified atom stereocenters. The molecule has 1 aromatic carbocycles. The highest BCUT2D eigenvalue weighted by Gasteiger charge is 2.36. The lowest BCUT2D eigenvalue weighted by Crippen LogP contribution is -2.59. The summed E-state index contributed by atoms with van der Waals surface area (Å²) in [6.45, 7) is 2.39. The minimum atomic E-state index is -0.921. The molecule has 2 heterocycles. The fraction of sp³-hybridized carbons (Fsp3) is 0.500. The number of nitrogens with zero attached hydrogens (tertiary/aromatic N) is 3. The van der Waals surface area contributed by atoms with Gasteiger partial charge in [-0.2, -0.15) is 5.26 Å². The van der Waals surface area contributed by atoms with E-state index in [1.165, 1.54) is 18.1 Å². The molecule has 24 heavy (non-hydrogen) atoms. The lowest BCUT2D eigenvalue weighted by atomic mass is 10.0. The Labute approximate surface area is 138 Å². The van der Waals surface area contributed by atoms with Crippen LogP contribution in [0.4, 0.5) is 9.18 Å². The van der Waals surface area contributed by atoms with Crippen LogP contribution in [0.15, 0.2) is 12.1 Å². The molecule has 1 N–H and O–H groups in total.